The Morgan fingerprint density at radius 3 is 2.10 bits per heavy atom. The molecule has 0 aliphatic heterocycles. The Labute approximate surface area is 192 Å². The summed E-state index contributed by atoms with van der Waals surface area (Å²) in [6, 6.07) is 10.6. The second-order valence-corrected chi connectivity index (χ2v) is 10.3. The largest absolute Gasteiger partial charge is 0.457 e. The van der Waals surface area contributed by atoms with Crippen LogP contribution in [-0.2, 0) is 25.4 Å². The molecule has 4 heteroatoms. The van der Waals surface area contributed by atoms with Gasteiger partial charge in [0.05, 0.1) is 0 Å². The fourth-order valence-electron chi connectivity index (χ4n) is 3.61. The second kappa shape index (κ2) is 13.7. The molecule has 0 saturated carbocycles. The molecule has 0 aromatic heterocycles. The first-order valence-electron chi connectivity index (χ1n) is 11.1. The number of hydrogen-bond acceptors (Lipinski definition) is 1. The minimum atomic E-state index is 0.694. The average molecular weight is 498 g/mol. The lowest BCUT2D eigenvalue weighted by Gasteiger charge is -2.21. The number of para-hydroxylation sites is 1. The van der Waals surface area contributed by atoms with Crippen molar-refractivity contribution in [3.8, 4) is 11.5 Å². The molecule has 29 heavy (non-hydrogen) atoms. The van der Waals surface area contributed by atoms with Gasteiger partial charge in [-0.1, -0.05) is 85.3 Å². The van der Waals surface area contributed by atoms with Gasteiger partial charge in [-0.05, 0) is 80.2 Å². The van der Waals surface area contributed by atoms with Crippen LogP contribution in [0.1, 0.15) is 81.5 Å². The molecule has 0 fully saturated rings. The average Bonchev–Trinajstić information content (AvgIpc) is 2.73. The summed E-state index contributed by atoms with van der Waals surface area (Å²) in [6.45, 7) is 6.72. The standard InChI is InChI=1S/C25H35BrClOP/c1-4-7-12-19-17-24(28-23-16-11-10-13-20(23)18-29-26)21(14-8-5-2)22(25(19)27)15-9-6-3/h10-11,13,16-17,29H,4-9,12,14-15,18H2,1-3H3. The van der Waals surface area contributed by atoms with Crippen molar-refractivity contribution >= 4 is 34.4 Å². The van der Waals surface area contributed by atoms with Gasteiger partial charge in [0.2, 0.25) is 0 Å². The summed E-state index contributed by atoms with van der Waals surface area (Å²) in [5.74, 6) is 1.99. The van der Waals surface area contributed by atoms with Crippen LogP contribution in [0.2, 0.25) is 5.02 Å². The highest BCUT2D eigenvalue weighted by molar-refractivity contribution is 9.36. The van der Waals surface area contributed by atoms with Crippen LogP contribution in [-0.4, -0.2) is 0 Å². The van der Waals surface area contributed by atoms with Gasteiger partial charge in [-0.15, -0.1) is 0 Å². The number of rotatable bonds is 13. The molecule has 0 bridgehead atoms. The molecule has 0 amide bonds. The Hall–Kier alpha value is -0.560. The summed E-state index contributed by atoms with van der Waals surface area (Å²) in [5, 5.41) is 0.987. The Balaban J connectivity index is 2.53. The van der Waals surface area contributed by atoms with Crippen LogP contribution in [0.15, 0.2) is 30.3 Å². The molecule has 1 unspecified atom stereocenters. The van der Waals surface area contributed by atoms with Crippen molar-refractivity contribution in [3.05, 3.63) is 57.6 Å². The molecule has 1 atom stereocenters. The third-order valence-corrected chi connectivity index (χ3v) is 7.15. The minimum absolute atomic E-state index is 0.694. The minimum Gasteiger partial charge on any atom is -0.457 e. The summed E-state index contributed by atoms with van der Waals surface area (Å²) in [4.78, 5) is 0. The number of unbranched alkanes of at least 4 members (excludes halogenated alkanes) is 3. The fraction of sp³-hybridized carbons (Fsp3) is 0.520. The van der Waals surface area contributed by atoms with E-state index in [1.165, 1.54) is 41.5 Å². The lowest BCUT2D eigenvalue weighted by Crippen LogP contribution is -2.04. The van der Waals surface area contributed by atoms with Gasteiger partial charge >= 0.3 is 0 Å². The van der Waals surface area contributed by atoms with Crippen LogP contribution in [0.4, 0.5) is 0 Å². The van der Waals surface area contributed by atoms with Crippen molar-refractivity contribution in [1.29, 1.82) is 0 Å². The van der Waals surface area contributed by atoms with Gasteiger partial charge in [-0.25, -0.2) is 0 Å². The smallest absolute Gasteiger partial charge is 0.131 e. The lowest BCUT2D eigenvalue weighted by molar-refractivity contribution is 0.468. The molecule has 160 valence electrons. The van der Waals surface area contributed by atoms with E-state index < -0.39 is 0 Å². The van der Waals surface area contributed by atoms with E-state index >= 15 is 0 Å². The van der Waals surface area contributed by atoms with Gasteiger partial charge in [0.25, 0.3) is 0 Å². The zero-order valence-electron chi connectivity index (χ0n) is 18.1. The van der Waals surface area contributed by atoms with Gasteiger partial charge in [0, 0.05) is 11.2 Å². The zero-order valence-corrected chi connectivity index (χ0v) is 21.5. The maximum atomic E-state index is 6.96. The maximum absolute atomic E-state index is 6.96. The lowest BCUT2D eigenvalue weighted by atomic mass is 9.93. The third kappa shape index (κ3) is 7.27. The zero-order chi connectivity index (χ0) is 21.1. The van der Waals surface area contributed by atoms with Crippen molar-refractivity contribution in [2.45, 2.75) is 84.7 Å². The van der Waals surface area contributed by atoms with Crippen LogP contribution in [0.25, 0.3) is 0 Å². The first-order valence-corrected chi connectivity index (χ1v) is 14.9. The van der Waals surface area contributed by atoms with E-state index in [-0.39, 0.29) is 0 Å². The van der Waals surface area contributed by atoms with Crippen molar-refractivity contribution in [1.82, 2.24) is 0 Å². The number of ether oxygens (including phenoxy) is 1. The summed E-state index contributed by atoms with van der Waals surface area (Å²) in [5.41, 5.74) is 5.14. The van der Waals surface area contributed by atoms with Gasteiger partial charge in [-0.2, -0.15) is 0 Å². The molecular formula is C25H35BrClOP. The molecule has 0 saturated heterocycles. The van der Waals surface area contributed by atoms with Crippen LogP contribution in [0, 0.1) is 0 Å². The Bertz CT molecular complexity index is 763. The van der Waals surface area contributed by atoms with E-state index in [0.717, 1.165) is 61.2 Å². The van der Waals surface area contributed by atoms with Crippen molar-refractivity contribution in [2.75, 3.05) is 0 Å². The molecule has 2 aromatic carbocycles. The number of hydrogen-bond donors (Lipinski definition) is 0. The quantitative estimate of drug-likeness (QED) is 0.250. The first kappa shape index (κ1) is 24.7. The number of benzene rings is 2. The highest BCUT2D eigenvalue weighted by Gasteiger charge is 2.18. The van der Waals surface area contributed by atoms with Crippen molar-refractivity contribution in [2.24, 2.45) is 0 Å². The molecule has 0 aliphatic rings. The predicted molar refractivity (Wildman–Crippen MR) is 135 cm³/mol. The van der Waals surface area contributed by atoms with Gasteiger partial charge in [-0.3, -0.25) is 0 Å². The van der Waals surface area contributed by atoms with Gasteiger partial charge in [0.1, 0.15) is 11.5 Å². The predicted octanol–water partition coefficient (Wildman–Crippen LogP) is 9.65. The van der Waals surface area contributed by atoms with E-state index in [0.29, 0.717) is 7.28 Å². The first-order chi connectivity index (χ1) is 14.2. The van der Waals surface area contributed by atoms with E-state index in [2.05, 4.69) is 66.6 Å². The fourth-order valence-corrected chi connectivity index (χ4v) is 5.31. The highest BCUT2D eigenvalue weighted by atomic mass is 79.9. The molecule has 0 spiro atoms. The highest BCUT2D eigenvalue weighted by Crippen LogP contribution is 2.39. The van der Waals surface area contributed by atoms with Crippen molar-refractivity contribution in [3.63, 3.8) is 0 Å². The van der Waals surface area contributed by atoms with Crippen molar-refractivity contribution < 1.29 is 4.74 Å². The molecule has 0 heterocycles. The second-order valence-electron chi connectivity index (χ2n) is 7.64. The normalized spacial score (nSPS) is 11.5. The molecule has 2 aromatic rings. The number of halogens is 2. The Morgan fingerprint density at radius 1 is 0.828 bits per heavy atom. The molecule has 2 rings (SSSR count). The molecule has 0 aliphatic carbocycles. The summed E-state index contributed by atoms with van der Waals surface area (Å²) >= 11 is 10.6. The molecule has 0 N–H and O–H groups in total. The Kier molecular flexibility index (Phi) is 11.7. The summed E-state index contributed by atoms with van der Waals surface area (Å²) < 4.78 is 6.61. The summed E-state index contributed by atoms with van der Waals surface area (Å²) in [6.07, 6.45) is 11.1. The van der Waals surface area contributed by atoms with Gasteiger partial charge < -0.3 is 4.74 Å². The maximum Gasteiger partial charge on any atom is 0.131 e. The Morgan fingerprint density at radius 2 is 1.45 bits per heavy atom. The van der Waals surface area contributed by atoms with E-state index in [9.17, 15) is 0 Å². The van der Waals surface area contributed by atoms with Crippen LogP contribution < -0.4 is 4.74 Å². The monoisotopic (exact) mass is 496 g/mol. The topological polar surface area (TPSA) is 9.23 Å². The van der Waals surface area contributed by atoms with E-state index in [1.54, 1.807) is 0 Å². The molecule has 0 radical (unpaired) electrons. The molecular weight excluding hydrogens is 463 g/mol. The third-order valence-electron chi connectivity index (χ3n) is 5.32. The van der Waals surface area contributed by atoms with Gasteiger partial charge in [0.15, 0.2) is 0 Å². The van der Waals surface area contributed by atoms with E-state index in [4.69, 9.17) is 16.3 Å². The van der Waals surface area contributed by atoms with Crippen LogP contribution >= 0.6 is 34.4 Å². The summed E-state index contributed by atoms with van der Waals surface area (Å²) in [7, 11) is 0.694. The SMILES string of the molecule is CCCCc1cc(Oc2ccccc2CPBr)c(CCCC)c(CCCC)c1Cl. The van der Waals surface area contributed by atoms with E-state index in [1.807, 2.05) is 0 Å². The van der Waals surface area contributed by atoms with Crippen LogP contribution in [0.5, 0.6) is 11.5 Å². The number of aryl methyl sites for hydroxylation is 1. The molecule has 1 nitrogen and oxygen atoms in total. The van der Waals surface area contributed by atoms with Crippen LogP contribution in [0.3, 0.4) is 0 Å².